The second kappa shape index (κ2) is 5.24. The van der Waals surface area contributed by atoms with Gasteiger partial charge in [0.05, 0.1) is 29.4 Å². The van der Waals surface area contributed by atoms with Crippen LogP contribution in [-0.4, -0.2) is 30.4 Å². The van der Waals surface area contributed by atoms with Crippen molar-refractivity contribution in [2.45, 2.75) is 18.6 Å². The topological polar surface area (TPSA) is 78.2 Å². The van der Waals surface area contributed by atoms with E-state index in [1.165, 1.54) is 11.8 Å². The first-order valence-corrected chi connectivity index (χ1v) is 8.23. The van der Waals surface area contributed by atoms with E-state index in [0.29, 0.717) is 34.1 Å². The average Bonchev–Trinajstić information content (AvgIpc) is 3.18. The van der Waals surface area contributed by atoms with E-state index in [1.807, 2.05) is 25.3 Å². The monoisotopic (exact) mass is 327 g/mol. The molecule has 4 heterocycles. The lowest BCUT2D eigenvalue weighted by Crippen LogP contribution is -2.22. The molecule has 0 aliphatic heterocycles. The summed E-state index contributed by atoms with van der Waals surface area (Å²) in [6.07, 6.45) is 5.24. The van der Waals surface area contributed by atoms with Crippen molar-refractivity contribution >= 4 is 28.4 Å². The lowest BCUT2D eigenvalue weighted by atomic mass is 10.2. The number of aryl methyl sites for hydroxylation is 1. The molecular formula is C15H13N5O2S. The molecule has 4 aromatic rings. The Morgan fingerprint density at radius 1 is 1.30 bits per heavy atom. The lowest BCUT2D eigenvalue weighted by Gasteiger charge is -2.07. The average molecular weight is 327 g/mol. The van der Waals surface area contributed by atoms with Crippen LogP contribution in [0.15, 0.2) is 45.0 Å². The molecule has 116 valence electrons. The number of rotatable bonds is 3. The maximum Gasteiger partial charge on any atom is 0.262 e. The van der Waals surface area contributed by atoms with Gasteiger partial charge in [0.15, 0.2) is 0 Å². The summed E-state index contributed by atoms with van der Waals surface area (Å²) in [5.41, 5.74) is 1.24. The van der Waals surface area contributed by atoms with Gasteiger partial charge >= 0.3 is 0 Å². The SMILES string of the molecule is CSc1nc2nc(C)c3c(=O)n(Cc4ccco4)ccc3n2n1. The van der Waals surface area contributed by atoms with E-state index in [1.54, 1.807) is 27.6 Å². The van der Waals surface area contributed by atoms with E-state index in [9.17, 15) is 4.79 Å². The summed E-state index contributed by atoms with van der Waals surface area (Å²) in [5.74, 6) is 1.23. The summed E-state index contributed by atoms with van der Waals surface area (Å²) >= 11 is 1.44. The van der Waals surface area contributed by atoms with Crippen LogP contribution in [0.25, 0.3) is 16.7 Å². The van der Waals surface area contributed by atoms with Crippen molar-refractivity contribution in [1.82, 2.24) is 24.1 Å². The van der Waals surface area contributed by atoms with Crippen molar-refractivity contribution in [2.24, 2.45) is 0 Å². The molecule has 4 rings (SSSR count). The molecule has 0 unspecified atom stereocenters. The van der Waals surface area contributed by atoms with Crippen LogP contribution in [0.1, 0.15) is 11.5 Å². The first kappa shape index (κ1) is 14.0. The highest BCUT2D eigenvalue weighted by atomic mass is 32.2. The van der Waals surface area contributed by atoms with Crippen molar-refractivity contribution in [3.8, 4) is 0 Å². The maximum absolute atomic E-state index is 12.8. The fraction of sp³-hybridized carbons (Fsp3) is 0.200. The first-order chi connectivity index (χ1) is 11.2. The van der Waals surface area contributed by atoms with Crippen LogP contribution in [0.4, 0.5) is 0 Å². The van der Waals surface area contributed by atoms with Gasteiger partial charge < -0.3 is 8.98 Å². The molecule has 8 heteroatoms. The maximum atomic E-state index is 12.8. The van der Waals surface area contributed by atoms with Gasteiger partial charge in [-0.15, -0.1) is 5.10 Å². The molecule has 0 aliphatic rings. The highest BCUT2D eigenvalue weighted by Gasteiger charge is 2.14. The van der Waals surface area contributed by atoms with E-state index in [0.717, 1.165) is 5.76 Å². The second-order valence-electron chi connectivity index (χ2n) is 5.10. The number of aromatic nitrogens is 5. The predicted molar refractivity (Wildman–Crippen MR) is 86.9 cm³/mol. The predicted octanol–water partition coefficient (Wildman–Crippen LogP) is 2.11. The standard InChI is InChI=1S/C15H13N5O2S/c1-9-12-11(20-14(16-9)17-15(18-20)23-2)5-6-19(13(12)21)8-10-4-3-7-22-10/h3-7H,8H2,1-2H3. The van der Waals surface area contributed by atoms with Gasteiger partial charge in [-0.2, -0.15) is 9.50 Å². The minimum absolute atomic E-state index is 0.119. The molecule has 0 atom stereocenters. The molecule has 7 nitrogen and oxygen atoms in total. The summed E-state index contributed by atoms with van der Waals surface area (Å²) in [6, 6.07) is 5.50. The molecule has 4 aromatic heterocycles. The highest BCUT2D eigenvalue weighted by molar-refractivity contribution is 7.98. The molecule has 0 aromatic carbocycles. The molecule has 0 radical (unpaired) electrons. The van der Waals surface area contributed by atoms with Crippen molar-refractivity contribution < 1.29 is 4.42 Å². The second-order valence-corrected chi connectivity index (χ2v) is 5.87. The minimum Gasteiger partial charge on any atom is -0.467 e. The fourth-order valence-corrected chi connectivity index (χ4v) is 2.92. The van der Waals surface area contributed by atoms with Crippen LogP contribution < -0.4 is 5.56 Å². The number of hydrogen-bond acceptors (Lipinski definition) is 6. The van der Waals surface area contributed by atoms with Crippen molar-refractivity contribution in [3.05, 3.63) is 52.5 Å². The Morgan fingerprint density at radius 3 is 2.91 bits per heavy atom. The third kappa shape index (κ3) is 2.22. The summed E-state index contributed by atoms with van der Waals surface area (Å²) in [7, 11) is 0. The molecular weight excluding hydrogens is 314 g/mol. The summed E-state index contributed by atoms with van der Waals surface area (Å²) in [4.78, 5) is 21.6. The van der Waals surface area contributed by atoms with E-state index in [-0.39, 0.29) is 5.56 Å². The van der Waals surface area contributed by atoms with Crippen LogP contribution >= 0.6 is 11.8 Å². The Labute approximate surface area is 135 Å². The Balaban J connectivity index is 1.97. The summed E-state index contributed by atoms with van der Waals surface area (Å²) in [5, 5.41) is 5.56. The van der Waals surface area contributed by atoms with Gasteiger partial charge in [0.2, 0.25) is 5.16 Å². The molecule has 0 fully saturated rings. The van der Waals surface area contributed by atoms with Crippen LogP contribution in [0.2, 0.25) is 0 Å². The molecule has 0 spiro atoms. The van der Waals surface area contributed by atoms with Crippen LogP contribution in [0, 0.1) is 6.92 Å². The van der Waals surface area contributed by atoms with Crippen molar-refractivity contribution in [3.63, 3.8) is 0 Å². The van der Waals surface area contributed by atoms with E-state index in [4.69, 9.17) is 4.42 Å². The third-order valence-corrected chi connectivity index (χ3v) is 4.20. The van der Waals surface area contributed by atoms with Gasteiger partial charge in [-0.25, -0.2) is 4.98 Å². The minimum atomic E-state index is -0.119. The van der Waals surface area contributed by atoms with Gasteiger partial charge in [0.1, 0.15) is 5.76 Å². The van der Waals surface area contributed by atoms with Gasteiger partial charge in [-0.05, 0) is 31.4 Å². The van der Waals surface area contributed by atoms with E-state index < -0.39 is 0 Å². The molecule has 23 heavy (non-hydrogen) atoms. The summed E-state index contributed by atoms with van der Waals surface area (Å²) in [6.45, 7) is 2.20. The molecule has 0 N–H and O–H groups in total. The normalized spacial score (nSPS) is 11.6. The quantitative estimate of drug-likeness (QED) is 0.536. The zero-order chi connectivity index (χ0) is 16.0. The number of thioether (sulfide) groups is 1. The van der Waals surface area contributed by atoms with E-state index in [2.05, 4.69) is 15.1 Å². The molecule has 0 bridgehead atoms. The number of pyridine rings is 1. The van der Waals surface area contributed by atoms with Gasteiger partial charge in [0.25, 0.3) is 11.3 Å². The van der Waals surface area contributed by atoms with Crippen molar-refractivity contribution in [1.29, 1.82) is 0 Å². The zero-order valence-corrected chi connectivity index (χ0v) is 13.4. The summed E-state index contributed by atoms with van der Waals surface area (Å²) < 4.78 is 8.54. The molecule has 0 saturated heterocycles. The number of hydrogen-bond donors (Lipinski definition) is 0. The van der Waals surface area contributed by atoms with Gasteiger partial charge in [0, 0.05) is 6.20 Å². The largest absolute Gasteiger partial charge is 0.467 e. The van der Waals surface area contributed by atoms with E-state index >= 15 is 0 Å². The fourth-order valence-electron chi connectivity index (χ4n) is 2.59. The van der Waals surface area contributed by atoms with Crippen LogP contribution in [-0.2, 0) is 6.54 Å². The Bertz CT molecular complexity index is 1070. The van der Waals surface area contributed by atoms with Gasteiger partial charge in [-0.1, -0.05) is 11.8 Å². The smallest absolute Gasteiger partial charge is 0.262 e. The van der Waals surface area contributed by atoms with Crippen molar-refractivity contribution in [2.75, 3.05) is 6.26 Å². The Hall–Kier alpha value is -2.61. The molecule has 0 amide bonds. The number of furan rings is 1. The third-order valence-electron chi connectivity index (χ3n) is 3.66. The number of nitrogens with zero attached hydrogens (tertiary/aromatic N) is 5. The van der Waals surface area contributed by atoms with Crippen LogP contribution in [0.3, 0.4) is 0 Å². The lowest BCUT2D eigenvalue weighted by molar-refractivity contribution is 0.490. The molecule has 0 aliphatic carbocycles. The zero-order valence-electron chi connectivity index (χ0n) is 12.6. The Morgan fingerprint density at radius 2 is 2.17 bits per heavy atom. The van der Waals surface area contributed by atoms with Gasteiger partial charge in [-0.3, -0.25) is 4.79 Å². The Kier molecular flexibility index (Phi) is 3.19. The first-order valence-electron chi connectivity index (χ1n) is 7.00. The molecule has 0 saturated carbocycles. The number of fused-ring (bicyclic) bond motifs is 3. The highest BCUT2D eigenvalue weighted by Crippen LogP contribution is 2.17. The van der Waals surface area contributed by atoms with Crippen LogP contribution in [0.5, 0.6) is 0 Å².